The number of ether oxygens (including phenoxy) is 1. The van der Waals surface area contributed by atoms with Crippen LogP contribution in [0.3, 0.4) is 0 Å². The lowest BCUT2D eigenvalue weighted by Gasteiger charge is -2.39. The van der Waals surface area contributed by atoms with Gasteiger partial charge in [-0.05, 0) is 52.6 Å². The smallest absolute Gasteiger partial charge is 0.237 e. The molecule has 1 fully saturated rings. The Morgan fingerprint density at radius 3 is 2.76 bits per heavy atom. The van der Waals surface area contributed by atoms with Crippen LogP contribution in [0.25, 0.3) is 0 Å². The Morgan fingerprint density at radius 1 is 1.48 bits per heavy atom. The molecule has 3 N–H and O–H groups in total. The van der Waals surface area contributed by atoms with E-state index in [1.807, 2.05) is 6.92 Å². The van der Waals surface area contributed by atoms with Crippen LogP contribution in [0.5, 0.6) is 0 Å². The molecule has 1 heterocycles. The first kappa shape index (κ1) is 18.4. The van der Waals surface area contributed by atoms with Crippen LogP contribution in [0.15, 0.2) is 0 Å². The Balaban J connectivity index is 2.46. The highest BCUT2D eigenvalue weighted by Crippen LogP contribution is 2.18. The zero-order valence-electron chi connectivity index (χ0n) is 14.2. The molecule has 0 spiro atoms. The second-order valence-corrected chi connectivity index (χ2v) is 6.43. The van der Waals surface area contributed by atoms with Crippen molar-refractivity contribution >= 4 is 5.91 Å². The average Bonchev–Trinajstić information content (AvgIpc) is 2.45. The number of rotatable bonds is 9. The minimum Gasteiger partial charge on any atom is -0.376 e. The molecule has 1 aliphatic rings. The number of carbonyl (C=O) groups excluding carboxylic acids is 1. The van der Waals surface area contributed by atoms with Gasteiger partial charge in [-0.2, -0.15) is 0 Å². The van der Waals surface area contributed by atoms with Gasteiger partial charge in [0.05, 0.1) is 18.2 Å². The Labute approximate surface area is 129 Å². The van der Waals surface area contributed by atoms with Gasteiger partial charge < -0.3 is 15.8 Å². The van der Waals surface area contributed by atoms with E-state index in [0.717, 1.165) is 51.9 Å². The van der Waals surface area contributed by atoms with Crippen LogP contribution in [-0.4, -0.2) is 54.7 Å². The predicted molar refractivity (Wildman–Crippen MR) is 86.2 cm³/mol. The van der Waals surface area contributed by atoms with Crippen LogP contribution in [-0.2, 0) is 9.53 Å². The fraction of sp³-hybridized carbons (Fsp3) is 0.938. The lowest BCUT2D eigenvalue weighted by atomic mass is 9.94. The van der Waals surface area contributed by atoms with E-state index in [1.54, 1.807) is 0 Å². The van der Waals surface area contributed by atoms with Crippen molar-refractivity contribution in [3.8, 4) is 0 Å². The fourth-order valence-corrected chi connectivity index (χ4v) is 2.90. The largest absolute Gasteiger partial charge is 0.376 e. The molecule has 5 nitrogen and oxygen atoms in total. The molecule has 1 amide bonds. The number of morpholine rings is 1. The molecule has 0 aliphatic carbocycles. The van der Waals surface area contributed by atoms with E-state index in [0.29, 0.717) is 12.1 Å². The van der Waals surface area contributed by atoms with Crippen LogP contribution in [0.1, 0.15) is 53.4 Å². The summed E-state index contributed by atoms with van der Waals surface area (Å²) in [5.74, 6) is -0.252. The average molecular weight is 299 g/mol. The number of hydrogen-bond acceptors (Lipinski definition) is 4. The van der Waals surface area contributed by atoms with Gasteiger partial charge in [0.15, 0.2) is 0 Å². The minimum atomic E-state index is -0.588. The molecule has 1 saturated heterocycles. The molecule has 5 heteroatoms. The maximum Gasteiger partial charge on any atom is 0.237 e. The lowest BCUT2D eigenvalue weighted by molar-refractivity contribution is -0.124. The monoisotopic (exact) mass is 299 g/mol. The maximum atomic E-state index is 11.7. The third-order valence-electron chi connectivity index (χ3n) is 4.48. The van der Waals surface area contributed by atoms with Gasteiger partial charge in [-0.25, -0.2) is 0 Å². The number of amides is 1. The second-order valence-electron chi connectivity index (χ2n) is 6.43. The normalized spacial score (nSPS) is 26.5. The van der Waals surface area contributed by atoms with Gasteiger partial charge in [0.1, 0.15) is 0 Å². The van der Waals surface area contributed by atoms with E-state index in [1.165, 1.54) is 0 Å². The Bertz CT molecular complexity index is 325. The molecular formula is C16H33N3O2. The molecule has 0 radical (unpaired) electrons. The summed E-state index contributed by atoms with van der Waals surface area (Å²) in [6.07, 6.45) is 4.16. The van der Waals surface area contributed by atoms with E-state index < -0.39 is 5.54 Å². The van der Waals surface area contributed by atoms with E-state index in [4.69, 9.17) is 10.5 Å². The SMILES string of the molecule is CCCNC(C)(CCCN1CC(C)OCC1CC)C(N)=O. The molecule has 1 aliphatic heterocycles. The number of primary amides is 1. The highest BCUT2D eigenvalue weighted by atomic mass is 16.5. The standard InChI is InChI=1S/C16H33N3O2/c1-5-9-18-16(4,15(17)20)8-7-10-19-11-13(3)21-12-14(19)6-2/h13-14,18H,5-12H2,1-4H3,(H2,17,20). The molecule has 1 rings (SSSR count). The molecule has 0 aromatic carbocycles. The third-order valence-corrected chi connectivity index (χ3v) is 4.48. The zero-order chi connectivity index (χ0) is 15.9. The molecule has 124 valence electrons. The van der Waals surface area contributed by atoms with Crippen molar-refractivity contribution in [1.29, 1.82) is 0 Å². The molecule has 0 bridgehead atoms. The van der Waals surface area contributed by atoms with Crippen molar-refractivity contribution in [2.75, 3.05) is 26.2 Å². The van der Waals surface area contributed by atoms with Crippen LogP contribution in [0, 0.1) is 0 Å². The van der Waals surface area contributed by atoms with Gasteiger partial charge in [0, 0.05) is 12.6 Å². The van der Waals surface area contributed by atoms with Gasteiger partial charge in [-0.1, -0.05) is 13.8 Å². The number of carbonyl (C=O) groups is 1. The summed E-state index contributed by atoms with van der Waals surface area (Å²) >= 11 is 0. The maximum absolute atomic E-state index is 11.7. The molecule has 21 heavy (non-hydrogen) atoms. The Kier molecular flexibility index (Phi) is 7.63. The van der Waals surface area contributed by atoms with E-state index in [2.05, 4.69) is 31.0 Å². The van der Waals surface area contributed by atoms with Crippen LogP contribution < -0.4 is 11.1 Å². The number of nitrogens with two attached hydrogens (primary N) is 1. The van der Waals surface area contributed by atoms with Gasteiger partial charge in [0.2, 0.25) is 5.91 Å². The summed E-state index contributed by atoms with van der Waals surface area (Å²) in [7, 11) is 0. The summed E-state index contributed by atoms with van der Waals surface area (Å²) < 4.78 is 5.72. The second kappa shape index (κ2) is 8.71. The van der Waals surface area contributed by atoms with Crippen molar-refractivity contribution in [3.63, 3.8) is 0 Å². The van der Waals surface area contributed by atoms with Crippen molar-refractivity contribution in [3.05, 3.63) is 0 Å². The fourth-order valence-electron chi connectivity index (χ4n) is 2.90. The minimum absolute atomic E-state index is 0.252. The van der Waals surface area contributed by atoms with Crippen molar-refractivity contribution in [2.45, 2.75) is 71.1 Å². The first-order chi connectivity index (χ1) is 9.92. The molecule has 0 saturated carbocycles. The molecule has 3 unspecified atom stereocenters. The summed E-state index contributed by atoms with van der Waals surface area (Å²) in [4.78, 5) is 14.2. The molecule has 3 atom stereocenters. The lowest BCUT2D eigenvalue weighted by Crippen LogP contribution is -2.54. The van der Waals surface area contributed by atoms with Gasteiger partial charge >= 0.3 is 0 Å². The van der Waals surface area contributed by atoms with Crippen molar-refractivity contribution in [2.24, 2.45) is 5.73 Å². The number of nitrogens with one attached hydrogen (secondary N) is 1. The topological polar surface area (TPSA) is 67.6 Å². The third kappa shape index (κ3) is 5.57. The number of hydrogen-bond donors (Lipinski definition) is 2. The van der Waals surface area contributed by atoms with Crippen molar-refractivity contribution < 1.29 is 9.53 Å². The molecular weight excluding hydrogens is 266 g/mol. The van der Waals surface area contributed by atoms with Gasteiger partial charge in [0.25, 0.3) is 0 Å². The number of nitrogens with zero attached hydrogens (tertiary/aromatic N) is 1. The summed E-state index contributed by atoms with van der Waals surface area (Å²) in [6, 6.07) is 0.504. The first-order valence-corrected chi connectivity index (χ1v) is 8.33. The van der Waals surface area contributed by atoms with E-state index >= 15 is 0 Å². The summed E-state index contributed by atoms with van der Waals surface area (Å²) in [6.45, 7) is 12.0. The van der Waals surface area contributed by atoms with Crippen LogP contribution >= 0.6 is 0 Å². The zero-order valence-corrected chi connectivity index (χ0v) is 14.2. The Morgan fingerprint density at radius 2 is 2.19 bits per heavy atom. The summed E-state index contributed by atoms with van der Waals surface area (Å²) in [5.41, 5.74) is 4.98. The summed E-state index contributed by atoms with van der Waals surface area (Å²) in [5, 5.41) is 3.30. The Hall–Kier alpha value is -0.650. The van der Waals surface area contributed by atoms with Gasteiger partial charge in [-0.3, -0.25) is 9.69 Å². The highest BCUT2D eigenvalue weighted by Gasteiger charge is 2.31. The quantitative estimate of drug-likeness (QED) is 0.677. The predicted octanol–water partition coefficient (Wildman–Crippen LogP) is 1.51. The first-order valence-electron chi connectivity index (χ1n) is 8.33. The van der Waals surface area contributed by atoms with E-state index in [-0.39, 0.29) is 5.91 Å². The van der Waals surface area contributed by atoms with Gasteiger partial charge in [-0.15, -0.1) is 0 Å². The van der Waals surface area contributed by atoms with Crippen LogP contribution in [0.2, 0.25) is 0 Å². The molecule has 0 aromatic heterocycles. The molecule has 0 aromatic rings. The highest BCUT2D eigenvalue weighted by molar-refractivity contribution is 5.84. The van der Waals surface area contributed by atoms with Crippen LogP contribution in [0.4, 0.5) is 0 Å². The van der Waals surface area contributed by atoms with Crippen molar-refractivity contribution in [1.82, 2.24) is 10.2 Å². The van der Waals surface area contributed by atoms with E-state index in [9.17, 15) is 4.79 Å².